The second-order valence-electron chi connectivity index (χ2n) is 8.25. The minimum Gasteiger partial charge on any atom is -0.495 e. The van der Waals surface area contributed by atoms with Crippen molar-refractivity contribution in [2.45, 2.75) is 13.0 Å². The molecule has 4 rings (SSSR count). The van der Waals surface area contributed by atoms with Gasteiger partial charge in [-0.1, -0.05) is 18.2 Å². The fourth-order valence-corrected chi connectivity index (χ4v) is 4.40. The molecule has 2 aromatic carbocycles. The number of benzene rings is 2. The summed E-state index contributed by atoms with van der Waals surface area (Å²) in [6.07, 6.45) is 0. The maximum absolute atomic E-state index is 14.0. The first kappa shape index (κ1) is 24.5. The molecule has 0 saturated carbocycles. The third kappa shape index (κ3) is 5.37. The number of methoxy groups -OCH3 is 1. The van der Waals surface area contributed by atoms with E-state index < -0.39 is 29.7 Å². The Hall–Kier alpha value is -3.66. The summed E-state index contributed by atoms with van der Waals surface area (Å²) in [6, 6.07) is 9.61. The van der Waals surface area contributed by atoms with Gasteiger partial charge in [-0.05, 0) is 36.8 Å². The fourth-order valence-electron chi connectivity index (χ4n) is 4.40. The van der Waals surface area contributed by atoms with E-state index in [9.17, 15) is 18.4 Å². The van der Waals surface area contributed by atoms with Crippen molar-refractivity contribution >= 4 is 17.7 Å². The number of amides is 2. The van der Waals surface area contributed by atoms with Gasteiger partial charge >= 0.3 is 12.0 Å². The number of nitrogens with zero attached hydrogens (tertiary/aromatic N) is 2. The van der Waals surface area contributed by atoms with Gasteiger partial charge in [0.25, 0.3) is 0 Å². The lowest BCUT2D eigenvalue weighted by Crippen LogP contribution is -2.51. The molecular formula is C25H28F2N4O4. The highest BCUT2D eigenvalue weighted by Gasteiger charge is 2.35. The van der Waals surface area contributed by atoms with Crippen molar-refractivity contribution < 1.29 is 27.8 Å². The molecule has 2 heterocycles. The average molecular weight is 487 g/mol. The first-order valence-corrected chi connectivity index (χ1v) is 11.4. The van der Waals surface area contributed by atoms with Crippen LogP contribution in [0.2, 0.25) is 0 Å². The molecule has 1 atom stereocenters. The van der Waals surface area contributed by atoms with Crippen LogP contribution in [0.5, 0.6) is 5.75 Å². The number of hydrogen-bond acceptors (Lipinski definition) is 6. The molecule has 8 nitrogen and oxygen atoms in total. The van der Waals surface area contributed by atoms with E-state index in [4.69, 9.17) is 9.47 Å². The second-order valence-corrected chi connectivity index (χ2v) is 8.25. The van der Waals surface area contributed by atoms with E-state index >= 15 is 0 Å². The molecule has 0 bridgehead atoms. The highest BCUT2D eigenvalue weighted by Crippen LogP contribution is 2.31. The molecule has 35 heavy (non-hydrogen) atoms. The van der Waals surface area contributed by atoms with E-state index in [1.807, 2.05) is 24.3 Å². The molecule has 2 N–H and O–H groups in total. The summed E-state index contributed by atoms with van der Waals surface area (Å²) in [5.74, 6) is -1.90. The fraction of sp³-hybridized carbons (Fsp3) is 0.360. The Kier molecular flexibility index (Phi) is 7.50. The van der Waals surface area contributed by atoms with Crippen molar-refractivity contribution in [1.29, 1.82) is 0 Å². The molecule has 0 spiro atoms. The van der Waals surface area contributed by atoms with Crippen LogP contribution in [-0.2, 0) is 9.53 Å². The smallest absolute Gasteiger partial charge is 0.338 e. The molecule has 0 aromatic heterocycles. The largest absolute Gasteiger partial charge is 0.495 e. The number of halogens is 2. The summed E-state index contributed by atoms with van der Waals surface area (Å²) in [6.45, 7) is 4.90. The molecule has 10 heteroatoms. The van der Waals surface area contributed by atoms with Crippen LogP contribution in [0.4, 0.5) is 19.3 Å². The summed E-state index contributed by atoms with van der Waals surface area (Å²) < 4.78 is 38.2. The number of rotatable bonds is 7. The summed E-state index contributed by atoms with van der Waals surface area (Å²) in [7, 11) is 1.64. The molecule has 0 aliphatic carbocycles. The van der Waals surface area contributed by atoms with Crippen molar-refractivity contribution in [2.75, 3.05) is 51.3 Å². The topological polar surface area (TPSA) is 83.1 Å². The molecule has 2 amide bonds. The third-order valence-electron chi connectivity index (χ3n) is 6.11. The van der Waals surface area contributed by atoms with Gasteiger partial charge in [-0.3, -0.25) is 4.90 Å². The second kappa shape index (κ2) is 10.7. The van der Waals surface area contributed by atoms with Crippen LogP contribution in [0.25, 0.3) is 0 Å². The Morgan fingerprint density at radius 1 is 1.09 bits per heavy atom. The van der Waals surface area contributed by atoms with Crippen LogP contribution in [0.15, 0.2) is 53.7 Å². The standard InChI is InChI=1S/C25H28F2N4O4/c1-3-35-24(32)22-19(28-25(33)29-23(22)16-8-9-17(26)18(27)14-16)15-30-10-12-31(13-11-30)20-6-4-5-7-21(20)34-2/h4-9,14,23H,3,10-13,15H2,1-2H3,(H2,28,29,33)/t23-/m1/s1. The van der Waals surface area contributed by atoms with Gasteiger partial charge in [0, 0.05) is 38.4 Å². The van der Waals surface area contributed by atoms with Gasteiger partial charge in [0.05, 0.1) is 31.0 Å². The SMILES string of the molecule is CCOC(=O)C1=C(CN2CCN(c3ccccc3OC)CC2)NC(=O)N[C@@H]1c1ccc(F)c(F)c1. The number of esters is 1. The zero-order valence-corrected chi connectivity index (χ0v) is 19.6. The molecule has 2 aromatic rings. The van der Waals surface area contributed by atoms with Crippen molar-refractivity contribution in [3.63, 3.8) is 0 Å². The number of carbonyl (C=O) groups is 2. The number of anilines is 1. The van der Waals surface area contributed by atoms with Gasteiger partial charge < -0.3 is 25.0 Å². The van der Waals surface area contributed by atoms with E-state index in [1.54, 1.807) is 14.0 Å². The molecule has 1 saturated heterocycles. The molecule has 186 valence electrons. The van der Waals surface area contributed by atoms with Crippen molar-refractivity contribution in [3.8, 4) is 5.75 Å². The number of piperazine rings is 1. The van der Waals surface area contributed by atoms with Gasteiger partial charge in [0.15, 0.2) is 11.6 Å². The van der Waals surface area contributed by atoms with Crippen LogP contribution in [0.3, 0.4) is 0 Å². The summed E-state index contributed by atoms with van der Waals surface area (Å²) in [5, 5.41) is 5.36. The van der Waals surface area contributed by atoms with E-state index in [0.29, 0.717) is 25.3 Å². The first-order valence-electron chi connectivity index (χ1n) is 11.4. The number of hydrogen-bond donors (Lipinski definition) is 2. The first-order chi connectivity index (χ1) is 16.9. The minimum absolute atomic E-state index is 0.131. The van der Waals surface area contributed by atoms with Crippen LogP contribution in [-0.4, -0.2) is 63.3 Å². The van der Waals surface area contributed by atoms with Gasteiger partial charge in [-0.15, -0.1) is 0 Å². The summed E-state index contributed by atoms with van der Waals surface area (Å²) >= 11 is 0. The lowest BCUT2D eigenvalue weighted by atomic mass is 9.94. The predicted molar refractivity (Wildman–Crippen MR) is 126 cm³/mol. The number of carbonyl (C=O) groups excluding carboxylic acids is 2. The van der Waals surface area contributed by atoms with Crippen LogP contribution >= 0.6 is 0 Å². The zero-order chi connectivity index (χ0) is 24.9. The van der Waals surface area contributed by atoms with Crippen molar-refractivity contribution in [3.05, 3.63) is 70.9 Å². The Labute approximate surface area is 202 Å². The number of ether oxygens (including phenoxy) is 2. The number of para-hydroxylation sites is 2. The minimum atomic E-state index is -1.06. The van der Waals surface area contributed by atoms with Crippen LogP contribution < -0.4 is 20.3 Å². The molecule has 1 fully saturated rings. The van der Waals surface area contributed by atoms with Gasteiger partial charge in [0.2, 0.25) is 0 Å². The zero-order valence-electron chi connectivity index (χ0n) is 19.6. The Bertz CT molecular complexity index is 1130. The average Bonchev–Trinajstić information content (AvgIpc) is 2.86. The molecule has 0 unspecified atom stereocenters. The lowest BCUT2D eigenvalue weighted by Gasteiger charge is -2.38. The van der Waals surface area contributed by atoms with Crippen LogP contribution in [0.1, 0.15) is 18.5 Å². The molecule has 2 aliphatic heterocycles. The van der Waals surface area contributed by atoms with Gasteiger partial charge in [0.1, 0.15) is 5.75 Å². The van der Waals surface area contributed by atoms with Crippen molar-refractivity contribution in [1.82, 2.24) is 15.5 Å². The Balaban J connectivity index is 1.57. The molecule has 0 radical (unpaired) electrons. The Morgan fingerprint density at radius 3 is 2.51 bits per heavy atom. The number of urea groups is 1. The lowest BCUT2D eigenvalue weighted by molar-refractivity contribution is -0.139. The monoisotopic (exact) mass is 486 g/mol. The summed E-state index contributed by atoms with van der Waals surface area (Å²) in [5.41, 5.74) is 1.81. The molecule has 2 aliphatic rings. The van der Waals surface area contributed by atoms with Gasteiger partial charge in [-0.2, -0.15) is 0 Å². The maximum Gasteiger partial charge on any atom is 0.338 e. The third-order valence-corrected chi connectivity index (χ3v) is 6.11. The highest BCUT2D eigenvalue weighted by molar-refractivity contribution is 5.95. The normalized spacial score (nSPS) is 18.7. The Morgan fingerprint density at radius 2 is 1.83 bits per heavy atom. The van der Waals surface area contributed by atoms with E-state index in [-0.39, 0.29) is 17.7 Å². The summed E-state index contributed by atoms with van der Waals surface area (Å²) in [4.78, 5) is 29.7. The van der Waals surface area contributed by atoms with E-state index in [1.165, 1.54) is 6.07 Å². The predicted octanol–water partition coefficient (Wildman–Crippen LogP) is 2.97. The molecular weight excluding hydrogens is 458 g/mol. The number of nitrogens with one attached hydrogen (secondary N) is 2. The quantitative estimate of drug-likeness (QED) is 0.586. The van der Waals surface area contributed by atoms with Gasteiger partial charge in [-0.25, -0.2) is 18.4 Å². The van der Waals surface area contributed by atoms with E-state index in [0.717, 1.165) is 36.7 Å². The maximum atomic E-state index is 14.0. The highest BCUT2D eigenvalue weighted by atomic mass is 19.2. The van der Waals surface area contributed by atoms with Crippen molar-refractivity contribution in [2.24, 2.45) is 0 Å². The van der Waals surface area contributed by atoms with Crippen LogP contribution in [0, 0.1) is 11.6 Å². The van der Waals surface area contributed by atoms with E-state index in [2.05, 4.69) is 20.4 Å².